The molecule has 8 nitrogen and oxygen atoms in total. The Morgan fingerprint density at radius 1 is 1.29 bits per heavy atom. The van der Waals surface area contributed by atoms with E-state index in [0.29, 0.717) is 23.1 Å². The van der Waals surface area contributed by atoms with Crippen LogP contribution in [-0.2, 0) is 16.3 Å². The van der Waals surface area contributed by atoms with Gasteiger partial charge in [0.1, 0.15) is 17.1 Å². The number of pyridine rings is 1. The van der Waals surface area contributed by atoms with Crippen molar-refractivity contribution in [3.8, 4) is 17.6 Å². The maximum Gasteiger partial charge on any atom is 0.394 e. The molecule has 1 saturated heterocycles. The maximum atomic E-state index is 13.5. The van der Waals surface area contributed by atoms with Gasteiger partial charge in [-0.3, -0.25) is 0 Å². The second-order valence-electron chi connectivity index (χ2n) is 9.56. The van der Waals surface area contributed by atoms with Gasteiger partial charge in [0.05, 0.1) is 36.4 Å². The van der Waals surface area contributed by atoms with Crippen molar-refractivity contribution in [2.45, 2.75) is 36.0 Å². The lowest BCUT2D eigenvalue weighted by atomic mass is 9.91. The molecule has 4 rings (SSSR count). The highest BCUT2D eigenvalue weighted by Crippen LogP contribution is 2.33. The summed E-state index contributed by atoms with van der Waals surface area (Å²) in [5.74, 6) is 5.95. The molecule has 2 N–H and O–H groups in total. The largest absolute Gasteiger partial charge is 0.495 e. The number of halogens is 3. The Hall–Kier alpha value is -3.27. The van der Waals surface area contributed by atoms with E-state index < -0.39 is 22.4 Å². The second kappa shape index (κ2) is 10.8. The number of imidazole rings is 1. The van der Waals surface area contributed by atoms with Crippen molar-refractivity contribution >= 4 is 21.2 Å². The standard InChI is InChI=1S/C26H30F3N5O3S/c1-33(2)16-17-13-22(31-17)19-7-6-12-34-23(15-26(27,28)29)20(32-25(19)34)8-5-11-30-21-10-9-18(38(4,35)36)14-24(21)37-3/h6-7,9-10,12,14,17,22,30-31H,11,13,15-16H2,1-4H3/t17-,22-/m0/s1. The molecule has 2 atom stereocenters. The van der Waals surface area contributed by atoms with Gasteiger partial charge < -0.3 is 24.7 Å². The molecule has 0 unspecified atom stereocenters. The summed E-state index contributed by atoms with van der Waals surface area (Å²) in [6, 6.07) is 8.33. The molecule has 0 amide bonds. The number of rotatable bonds is 8. The van der Waals surface area contributed by atoms with E-state index in [1.807, 2.05) is 20.2 Å². The summed E-state index contributed by atoms with van der Waals surface area (Å²) in [5.41, 5.74) is 1.86. The van der Waals surface area contributed by atoms with Crippen molar-refractivity contribution in [2.24, 2.45) is 0 Å². The van der Waals surface area contributed by atoms with E-state index in [9.17, 15) is 21.6 Å². The fraction of sp³-hybridized carbons (Fsp3) is 0.423. The van der Waals surface area contributed by atoms with Gasteiger partial charge in [0.15, 0.2) is 9.84 Å². The van der Waals surface area contributed by atoms with Gasteiger partial charge in [-0.15, -0.1) is 0 Å². The van der Waals surface area contributed by atoms with Crippen molar-refractivity contribution < 1.29 is 26.3 Å². The first-order chi connectivity index (χ1) is 17.9. The summed E-state index contributed by atoms with van der Waals surface area (Å²) in [6.07, 6.45) is -2.04. The fourth-order valence-corrected chi connectivity index (χ4v) is 5.15. The first-order valence-corrected chi connectivity index (χ1v) is 13.8. The van der Waals surface area contributed by atoms with Crippen LogP contribution in [0.4, 0.5) is 18.9 Å². The van der Waals surface area contributed by atoms with Crippen molar-refractivity contribution in [2.75, 3.05) is 45.9 Å². The highest BCUT2D eigenvalue weighted by Gasteiger charge is 2.34. The van der Waals surface area contributed by atoms with E-state index in [1.54, 1.807) is 18.3 Å². The van der Waals surface area contributed by atoms with Crippen LogP contribution in [0.15, 0.2) is 41.4 Å². The van der Waals surface area contributed by atoms with Crippen molar-refractivity contribution in [3.05, 3.63) is 53.5 Å². The van der Waals surface area contributed by atoms with Gasteiger partial charge in [-0.2, -0.15) is 13.2 Å². The summed E-state index contributed by atoms with van der Waals surface area (Å²) in [6.45, 7) is 0.954. The lowest BCUT2D eigenvalue weighted by Crippen LogP contribution is -2.51. The van der Waals surface area contributed by atoms with Crippen molar-refractivity contribution in [3.63, 3.8) is 0 Å². The number of sulfone groups is 1. The summed E-state index contributed by atoms with van der Waals surface area (Å²) in [5, 5.41) is 6.50. The smallest absolute Gasteiger partial charge is 0.394 e. The van der Waals surface area contributed by atoms with Gasteiger partial charge in [-0.1, -0.05) is 12.0 Å². The Bertz CT molecular complexity index is 1480. The lowest BCUT2D eigenvalue weighted by molar-refractivity contribution is -0.128. The van der Waals surface area contributed by atoms with E-state index in [-0.39, 0.29) is 28.9 Å². The molecule has 204 valence electrons. The minimum atomic E-state index is -4.43. The molecule has 1 aromatic carbocycles. The van der Waals surface area contributed by atoms with Gasteiger partial charge in [0, 0.05) is 42.7 Å². The molecule has 3 heterocycles. The number of nitrogens with one attached hydrogen (secondary N) is 2. The number of likely N-dealkylation sites (N-methyl/N-ethyl adjacent to an activating group) is 1. The molecule has 3 aromatic rings. The van der Waals surface area contributed by atoms with Crippen LogP contribution in [-0.4, -0.2) is 75.5 Å². The summed E-state index contributed by atoms with van der Waals surface area (Å²) in [7, 11) is 1.99. The number of anilines is 1. The molecule has 0 spiro atoms. The topological polar surface area (TPSA) is 88.0 Å². The fourth-order valence-electron chi connectivity index (χ4n) is 4.51. The molecule has 0 aliphatic carbocycles. The molecule has 2 aromatic heterocycles. The highest BCUT2D eigenvalue weighted by molar-refractivity contribution is 7.90. The molecular weight excluding hydrogens is 519 g/mol. The van der Waals surface area contributed by atoms with Crippen LogP contribution in [0.3, 0.4) is 0 Å². The zero-order chi connectivity index (χ0) is 27.7. The number of hydrogen-bond acceptors (Lipinski definition) is 7. The predicted octanol–water partition coefficient (Wildman–Crippen LogP) is 3.28. The van der Waals surface area contributed by atoms with Crippen LogP contribution in [0, 0.1) is 11.8 Å². The van der Waals surface area contributed by atoms with E-state index >= 15 is 0 Å². The minimum absolute atomic E-state index is 0.00892. The Labute approximate surface area is 220 Å². The molecule has 12 heteroatoms. The van der Waals surface area contributed by atoms with Crippen molar-refractivity contribution in [1.29, 1.82) is 0 Å². The molecule has 38 heavy (non-hydrogen) atoms. The third kappa shape index (κ3) is 6.40. The maximum absolute atomic E-state index is 13.5. The summed E-state index contributed by atoms with van der Waals surface area (Å²) < 4.78 is 70.7. The molecule has 0 radical (unpaired) electrons. The van der Waals surface area contributed by atoms with Gasteiger partial charge in [0.2, 0.25) is 0 Å². The molecule has 1 aliphatic rings. The normalized spacial score (nSPS) is 17.7. The lowest BCUT2D eigenvalue weighted by Gasteiger charge is -2.39. The van der Waals surface area contributed by atoms with Gasteiger partial charge >= 0.3 is 6.18 Å². The van der Waals surface area contributed by atoms with E-state index in [4.69, 9.17) is 4.74 Å². The number of aromatic nitrogens is 2. The van der Waals surface area contributed by atoms with Crippen LogP contribution in [0.2, 0.25) is 0 Å². The number of nitrogens with zero attached hydrogens (tertiary/aromatic N) is 3. The van der Waals surface area contributed by atoms with Crippen LogP contribution in [0.5, 0.6) is 5.75 Å². The number of benzene rings is 1. The average Bonchev–Trinajstić information content (AvgIpc) is 3.14. The Balaban J connectivity index is 1.59. The zero-order valence-corrected chi connectivity index (χ0v) is 22.4. The van der Waals surface area contributed by atoms with Crippen LogP contribution in [0.1, 0.15) is 29.4 Å². The summed E-state index contributed by atoms with van der Waals surface area (Å²) in [4.78, 5) is 6.72. The third-order valence-electron chi connectivity index (χ3n) is 6.24. The second-order valence-corrected chi connectivity index (χ2v) is 11.6. The van der Waals surface area contributed by atoms with E-state index in [0.717, 1.165) is 24.8 Å². The SMILES string of the molecule is COc1cc(S(C)(=O)=O)ccc1NCC#Cc1nc2c([C@@H]3C[C@@H](CN(C)C)N3)cccn2c1CC(F)(F)F. The quantitative estimate of drug-likeness (QED) is 0.417. The van der Waals surface area contributed by atoms with E-state index in [2.05, 4.69) is 32.4 Å². The first-order valence-electron chi connectivity index (χ1n) is 11.9. The average molecular weight is 550 g/mol. The number of alkyl halides is 3. The molecule has 1 aliphatic heterocycles. The van der Waals surface area contributed by atoms with Crippen LogP contribution < -0.4 is 15.4 Å². The highest BCUT2D eigenvalue weighted by atomic mass is 32.2. The number of fused-ring (bicyclic) bond motifs is 1. The van der Waals surface area contributed by atoms with Crippen molar-refractivity contribution in [1.82, 2.24) is 19.6 Å². The minimum Gasteiger partial charge on any atom is -0.495 e. The number of ether oxygens (including phenoxy) is 1. The van der Waals surface area contributed by atoms with Gasteiger partial charge in [-0.05, 0) is 44.6 Å². The monoisotopic (exact) mass is 549 g/mol. The van der Waals surface area contributed by atoms with E-state index in [1.165, 1.54) is 23.6 Å². The molecule has 0 bridgehead atoms. The van der Waals surface area contributed by atoms with Gasteiger partial charge in [0.25, 0.3) is 0 Å². The number of hydrogen-bond donors (Lipinski definition) is 2. The predicted molar refractivity (Wildman–Crippen MR) is 139 cm³/mol. The Kier molecular flexibility index (Phi) is 7.92. The zero-order valence-electron chi connectivity index (χ0n) is 21.6. The van der Waals surface area contributed by atoms with Crippen LogP contribution >= 0.6 is 0 Å². The first kappa shape index (κ1) is 27.8. The van der Waals surface area contributed by atoms with Gasteiger partial charge in [-0.25, -0.2) is 13.4 Å². The summed E-state index contributed by atoms with van der Waals surface area (Å²) >= 11 is 0. The third-order valence-corrected chi connectivity index (χ3v) is 7.35. The Morgan fingerprint density at radius 3 is 2.66 bits per heavy atom. The Morgan fingerprint density at radius 2 is 2.03 bits per heavy atom. The van der Waals surface area contributed by atoms with Crippen LogP contribution in [0.25, 0.3) is 5.65 Å². The number of methoxy groups -OCH3 is 1. The molecule has 0 saturated carbocycles. The molecule has 1 fully saturated rings. The molecular formula is C26H30F3N5O3S.